The molecule has 5 heteroatoms. The van der Waals surface area contributed by atoms with Crippen LogP contribution in [-0.2, 0) is 0 Å². The number of likely N-dealkylation sites (tertiary alicyclic amines) is 1. The van der Waals surface area contributed by atoms with Gasteiger partial charge in [-0.2, -0.15) is 0 Å². The summed E-state index contributed by atoms with van der Waals surface area (Å²) >= 11 is 0. The van der Waals surface area contributed by atoms with Crippen molar-refractivity contribution in [2.45, 2.75) is 18.9 Å². The SMILES string of the molecule is COc1ccc(OC)c([C@H]2CCCN2C(=O)c2c[nH]c3ccccc23)c1. The summed E-state index contributed by atoms with van der Waals surface area (Å²) in [6.07, 6.45) is 3.70. The van der Waals surface area contributed by atoms with Crippen molar-refractivity contribution in [3.63, 3.8) is 0 Å². The molecule has 0 radical (unpaired) electrons. The van der Waals surface area contributed by atoms with E-state index in [0.29, 0.717) is 0 Å². The van der Waals surface area contributed by atoms with E-state index >= 15 is 0 Å². The molecule has 0 unspecified atom stereocenters. The van der Waals surface area contributed by atoms with Crippen LogP contribution in [0.1, 0.15) is 34.8 Å². The minimum atomic E-state index is -0.0128. The van der Waals surface area contributed by atoms with Crippen LogP contribution < -0.4 is 9.47 Å². The van der Waals surface area contributed by atoms with Gasteiger partial charge in [-0.1, -0.05) is 18.2 Å². The average Bonchev–Trinajstić information content (AvgIpc) is 3.34. The summed E-state index contributed by atoms with van der Waals surface area (Å²) in [6, 6.07) is 13.6. The van der Waals surface area contributed by atoms with Crippen molar-refractivity contribution < 1.29 is 14.3 Å². The van der Waals surface area contributed by atoms with Gasteiger partial charge in [0.25, 0.3) is 5.91 Å². The lowest BCUT2D eigenvalue weighted by Gasteiger charge is -2.26. The molecule has 1 amide bonds. The second-order valence-corrected chi connectivity index (χ2v) is 6.51. The normalized spacial score (nSPS) is 16.8. The Hall–Kier alpha value is -2.95. The van der Waals surface area contributed by atoms with E-state index in [9.17, 15) is 4.79 Å². The average molecular weight is 350 g/mol. The van der Waals surface area contributed by atoms with E-state index in [1.54, 1.807) is 14.2 Å². The van der Waals surface area contributed by atoms with Crippen molar-refractivity contribution >= 4 is 16.8 Å². The number of carbonyl (C=O) groups is 1. The van der Waals surface area contributed by atoms with Crippen molar-refractivity contribution in [2.24, 2.45) is 0 Å². The number of para-hydroxylation sites is 1. The smallest absolute Gasteiger partial charge is 0.256 e. The van der Waals surface area contributed by atoms with E-state index in [-0.39, 0.29) is 11.9 Å². The van der Waals surface area contributed by atoms with Crippen molar-refractivity contribution in [2.75, 3.05) is 20.8 Å². The first-order chi connectivity index (χ1) is 12.7. The summed E-state index contributed by atoms with van der Waals surface area (Å²) in [5.74, 6) is 1.61. The first-order valence-corrected chi connectivity index (χ1v) is 8.82. The third-order valence-electron chi connectivity index (χ3n) is 5.13. The zero-order chi connectivity index (χ0) is 18.1. The van der Waals surface area contributed by atoms with Gasteiger partial charge in [0.05, 0.1) is 25.8 Å². The van der Waals surface area contributed by atoms with Crippen LogP contribution in [0.25, 0.3) is 10.9 Å². The van der Waals surface area contributed by atoms with Gasteiger partial charge in [-0.3, -0.25) is 4.79 Å². The summed E-state index contributed by atoms with van der Waals surface area (Å²) in [5.41, 5.74) is 2.69. The van der Waals surface area contributed by atoms with Crippen LogP contribution in [0.4, 0.5) is 0 Å². The van der Waals surface area contributed by atoms with Crippen LogP contribution in [0.3, 0.4) is 0 Å². The van der Waals surface area contributed by atoms with Crippen LogP contribution in [0.15, 0.2) is 48.7 Å². The highest BCUT2D eigenvalue weighted by Gasteiger charge is 2.33. The minimum absolute atomic E-state index is 0.0128. The van der Waals surface area contributed by atoms with Gasteiger partial charge in [-0.25, -0.2) is 0 Å². The van der Waals surface area contributed by atoms with Crippen molar-refractivity contribution in [1.29, 1.82) is 0 Å². The Bertz CT molecular complexity index is 947. The fraction of sp³-hybridized carbons (Fsp3) is 0.286. The molecular formula is C21H22N2O3. The summed E-state index contributed by atoms with van der Waals surface area (Å²) in [5, 5.41) is 0.959. The Morgan fingerprint density at radius 3 is 2.81 bits per heavy atom. The second-order valence-electron chi connectivity index (χ2n) is 6.51. The first-order valence-electron chi connectivity index (χ1n) is 8.82. The number of rotatable bonds is 4. The summed E-state index contributed by atoms with van der Waals surface area (Å²) in [7, 11) is 3.31. The molecule has 0 bridgehead atoms. The number of benzene rings is 2. The van der Waals surface area contributed by atoms with Crippen molar-refractivity contribution in [1.82, 2.24) is 9.88 Å². The van der Waals surface area contributed by atoms with Crippen LogP contribution >= 0.6 is 0 Å². The number of aromatic amines is 1. The molecule has 2 heterocycles. The maximum absolute atomic E-state index is 13.3. The molecule has 134 valence electrons. The molecular weight excluding hydrogens is 328 g/mol. The molecule has 2 aromatic carbocycles. The fourth-order valence-electron chi connectivity index (χ4n) is 3.84. The maximum Gasteiger partial charge on any atom is 0.256 e. The quantitative estimate of drug-likeness (QED) is 0.769. The highest BCUT2D eigenvalue weighted by Crippen LogP contribution is 2.40. The van der Waals surface area contributed by atoms with Gasteiger partial charge in [0.2, 0.25) is 0 Å². The third-order valence-corrected chi connectivity index (χ3v) is 5.13. The predicted molar refractivity (Wildman–Crippen MR) is 101 cm³/mol. The molecule has 0 saturated carbocycles. The Kier molecular flexibility index (Phi) is 4.29. The molecule has 26 heavy (non-hydrogen) atoms. The van der Waals surface area contributed by atoms with Gasteiger partial charge in [-0.15, -0.1) is 0 Å². The number of nitrogens with zero attached hydrogens (tertiary/aromatic N) is 1. The van der Waals surface area contributed by atoms with E-state index < -0.39 is 0 Å². The predicted octanol–water partition coefficient (Wildman–Crippen LogP) is 4.16. The minimum Gasteiger partial charge on any atom is -0.497 e. The lowest BCUT2D eigenvalue weighted by Crippen LogP contribution is -2.30. The van der Waals surface area contributed by atoms with Gasteiger partial charge in [-0.05, 0) is 37.1 Å². The van der Waals surface area contributed by atoms with Gasteiger partial charge in [0.1, 0.15) is 11.5 Å². The van der Waals surface area contributed by atoms with Gasteiger partial charge in [0.15, 0.2) is 0 Å². The highest BCUT2D eigenvalue weighted by atomic mass is 16.5. The number of H-pyrrole nitrogens is 1. The lowest BCUT2D eigenvalue weighted by atomic mass is 10.0. The standard InChI is InChI=1S/C21H22N2O3/c1-25-14-9-10-20(26-2)16(12-14)19-8-5-11-23(19)21(24)17-13-22-18-7-4-3-6-15(17)18/h3-4,6-7,9-10,12-13,19,22H,5,8,11H2,1-2H3/t19-/m1/s1. The number of ether oxygens (including phenoxy) is 2. The molecule has 5 nitrogen and oxygen atoms in total. The molecule has 0 aliphatic carbocycles. The van der Waals surface area contributed by atoms with Crippen molar-refractivity contribution in [3.8, 4) is 11.5 Å². The molecule has 4 rings (SSSR count). The second kappa shape index (κ2) is 6.75. The number of fused-ring (bicyclic) bond motifs is 1. The van der Waals surface area contributed by atoms with Gasteiger partial charge in [0, 0.05) is 29.2 Å². The number of hydrogen-bond donors (Lipinski definition) is 1. The Morgan fingerprint density at radius 2 is 2.00 bits per heavy atom. The number of nitrogens with one attached hydrogen (secondary N) is 1. The maximum atomic E-state index is 13.3. The zero-order valence-electron chi connectivity index (χ0n) is 15.0. The van der Waals surface area contributed by atoms with E-state index in [1.165, 1.54) is 0 Å². The molecule has 1 fully saturated rings. The number of hydrogen-bond acceptors (Lipinski definition) is 3. The summed E-state index contributed by atoms with van der Waals surface area (Å²) in [4.78, 5) is 18.4. The van der Waals surface area contributed by atoms with E-state index in [1.807, 2.05) is 53.6 Å². The monoisotopic (exact) mass is 350 g/mol. The number of aromatic nitrogens is 1. The Morgan fingerprint density at radius 1 is 1.15 bits per heavy atom. The summed E-state index contributed by atoms with van der Waals surface area (Å²) in [6.45, 7) is 0.739. The van der Waals surface area contributed by atoms with Crippen LogP contribution in [0.2, 0.25) is 0 Å². The Balaban J connectivity index is 1.72. The Labute approximate surface area is 152 Å². The van der Waals surface area contributed by atoms with E-state index in [0.717, 1.165) is 52.9 Å². The first kappa shape index (κ1) is 16.5. The topological polar surface area (TPSA) is 54.6 Å². The van der Waals surface area contributed by atoms with Crippen LogP contribution in [0, 0.1) is 0 Å². The summed E-state index contributed by atoms with van der Waals surface area (Å²) < 4.78 is 10.9. The van der Waals surface area contributed by atoms with Gasteiger partial charge >= 0.3 is 0 Å². The largest absolute Gasteiger partial charge is 0.497 e. The van der Waals surface area contributed by atoms with E-state index in [2.05, 4.69) is 4.98 Å². The molecule has 1 N–H and O–H groups in total. The molecule has 1 aliphatic heterocycles. The molecule has 1 saturated heterocycles. The molecule has 0 spiro atoms. The molecule has 3 aromatic rings. The van der Waals surface area contributed by atoms with Crippen molar-refractivity contribution in [3.05, 3.63) is 59.8 Å². The lowest BCUT2D eigenvalue weighted by molar-refractivity contribution is 0.0736. The third kappa shape index (κ3) is 2.69. The van der Waals surface area contributed by atoms with E-state index in [4.69, 9.17) is 9.47 Å². The molecule has 1 aromatic heterocycles. The zero-order valence-corrected chi connectivity index (χ0v) is 15.0. The molecule has 1 atom stereocenters. The number of carbonyl (C=O) groups excluding carboxylic acids is 1. The van der Waals surface area contributed by atoms with Crippen LogP contribution in [0.5, 0.6) is 11.5 Å². The number of methoxy groups -OCH3 is 2. The van der Waals surface area contributed by atoms with Crippen LogP contribution in [-0.4, -0.2) is 36.6 Å². The number of amides is 1. The van der Waals surface area contributed by atoms with Gasteiger partial charge < -0.3 is 19.4 Å². The highest BCUT2D eigenvalue weighted by molar-refractivity contribution is 6.06. The molecule has 1 aliphatic rings. The fourth-order valence-corrected chi connectivity index (χ4v) is 3.84.